The smallest absolute Gasteiger partial charge is 0.360 e. The van der Waals surface area contributed by atoms with Gasteiger partial charge in [-0.15, -0.1) is 11.3 Å². The number of ether oxygens (including phenoxy) is 2. The Hall–Kier alpha value is -1.14. The van der Waals surface area contributed by atoms with E-state index in [1.807, 2.05) is 20.8 Å². The van der Waals surface area contributed by atoms with Crippen molar-refractivity contribution >= 4 is 22.3 Å². The zero-order valence-corrected chi connectivity index (χ0v) is 12.1. The SMILES string of the molecule is CCOC(=O)c1ncsc1NCC(C)(C)OCC. The predicted octanol–water partition coefficient (Wildman–Crippen LogP) is 2.55. The molecule has 1 heterocycles. The lowest BCUT2D eigenvalue weighted by Crippen LogP contribution is -2.33. The number of hydrogen-bond acceptors (Lipinski definition) is 6. The van der Waals surface area contributed by atoms with Crippen LogP contribution in [0.25, 0.3) is 0 Å². The van der Waals surface area contributed by atoms with Crippen LogP contribution in [0.2, 0.25) is 0 Å². The number of nitrogens with zero attached hydrogens (tertiary/aromatic N) is 1. The van der Waals surface area contributed by atoms with Gasteiger partial charge < -0.3 is 14.8 Å². The van der Waals surface area contributed by atoms with E-state index < -0.39 is 5.97 Å². The maximum Gasteiger partial charge on any atom is 0.360 e. The molecule has 0 radical (unpaired) electrons. The van der Waals surface area contributed by atoms with Crippen LogP contribution < -0.4 is 5.32 Å². The normalized spacial score (nSPS) is 11.3. The van der Waals surface area contributed by atoms with E-state index in [2.05, 4.69) is 10.3 Å². The van der Waals surface area contributed by atoms with E-state index in [0.717, 1.165) is 5.00 Å². The highest BCUT2D eigenvalue weighted by molar-refractivity contribution is 7.14. The molecule has 0 fully saturated rings. The van der Waals surface area contributed by atoms with Crippen molar-refractivity contribution in [3.63, 3.8) is 0 Å². The van der Waals surface area contributed by atoms with Gasteiger partial charge in [-0.2, -0.15) is 0 Å². The third-order valence-corrected chi connectivity index (χ3v) is 3.03. The number of rotatable bonds is 7. The summed E-state index contributed by atoms with van der Waals surface area (Å²) in [5.41, 5.74) is 1.68. The molecule has 1 rings (SSSR count). The van der Waals surface area contributed by atoms with Crippen LogP contribution in [-0.2, 0) is 9.47 Å². The molecule has 18 heavy (non-hydrogen) atoms. The van der Waals surface area contributed by atoms with Crippen LogP contribution in [0.15, 0.2) is 5.51 Å². The minimum absolute atomic E-state index is 0.287. The van der Waals surface area contributed by atoms with E-state index in [-0.39, 0.29) is 5.60 Å². The summed E-state index contributed by atoms with van der Waals surface area (Å²) in [6.07, 6.45) is 0. The summed E-state index contributed by atoms with van der Waals surface area (Å²) in [6.45, 7) is 9.33. The third kappa shape index (κ3) is 4.27. The van der Waals surface area contributed by atoms with Crippen molar-refractivity contribution in [3.8, 4) is 0 Å². The summed E-state index contributed by atoms with van der Waals surface area (Å²) in [5, 5.41) is 3.91. The number of nitrogens with one attached hydrogen (secondary N) is 1. The van der Waals surface area contributed by atoms with Crippen LogP contribution in [0, 0.1) is 0 Å². The van der Waals surface area contributed by atoms with Crippen molar-refractivity contribution in [3.05, 3.63) is 11.2 Å². The fourth-order valence-corrected chi connectivity index (χ4v) is 2.12. The number of thiazole rings is 1. The molecule has 0 aromatic carbocycles. The Morgan fingerprint density at radius 2 is 2.17 bits per heavy atom. The molecule has 0 atom stereocenters. The third-order valence-electron chi connectivity index (χ3n) is 2.25. The minimum atomic E-state index is -0.393. The Morgan fingerprint density at radius 1 is 1.44 bits per heavy atom. The Bertz CT molecular complexity index is 390. The molecule has 0 unspecified atom stereocenters. The van der Waals surface area contributed by atoms with Crippen LogP contribution in [-0.4, -0.2) is 36.3 Å². The topological polar surface area (TPSA) is 60.5 Å². The molecule has 0 amide bonds. The molecule has 0 aliphatic rings. The van der Waals surface area contributed by atoms with Gasteiger partial charge in [0.1, 0.15) is 5.00 Å². The lowest BCUT2D eigenvalue weighted by Gasteiger charge is -2.25. The number of aromatic nitrogens is 1. The standard InChI is InChI=1S/C12H20N2O3S/c1-5-16-11(15)9-10(18-8-14-9)13-7-12(3,4)17-6-2/h8,13H,5-7H2,1-4H3. The number of carbonyl (C=O) groups excluding carboxylic acids is 1. The van der Waals surface area contributed by atoms with Crippen molar-refractivity contribution in [2.24, 2.45) is 0 Å². The van der Waals surface area contributed by atoms with Crippen molar-refractivity contribution in [1.82, 2.24) is 4.98 Å². The fourth-order valence-electron chi connectivity index (χ4n) is 1.45. The predicted molar refractivity (Wildman–Crippen MR) is 72.3 cm³/mol. The number of anilines is 1. The molecule has 5 nitrogen and oxygen atoms in total. The Labute approximate surface area is 112 Å². The maximum absolute atomic E-state index is 11.6. The zero-order valence-electron chi connectivity index (χ0n) is 11.3. The highest BCUT2D eigenvalue weighted by atomic mass is 32.1. The average Bonchev–Trinajstić information content (AvgIpc) is 2.75. The van der Waals surface area contributed by atoms with Gasteiger partial charge in [0.2, 0.25) is 0 Å². The largest absolute Gasteiger partial charge is 0.461 e. The first-order valence-electron chi connectivity index (χ1n) is 5.98. The zero-order chi connectivity index (χ0) is 13.6. The lowest BCUT2D eigenvalue weighted by molar-refractivity contribution is 0.000692. The second kappa shape index (κ2) is 6.70. The highest BCUT2D eigenvalue weighted by Gasteiger charge is 2.21. The van der Waals surface area contributed by atoms with E-state index in [0.29, 0.717) is 25.5 Å². The first-order valence-corrected chi connectivity index (χ1v) is 6.86. The summed E-state index contributed by atoms with van der Waals surface area (Å²) >= 11 is 1.38. The molecule has 1 aromatic heterocycles. The summed E-state index contributed by atoms with van der Waals surface area (Å²) in [4.78, 5) is 15.6. The molecule has 0 aliphatic heterocycles. The summed E-state index contributed by atoms with van der Waals surface area (Å²) < 4.78 is 10.5. The van der Waals surface area contributed by atoms with Gasteiger partial charge in [0.05, 0.1) is 17.7 Å². The number of carbonyl (C=O) groups is 1. The molecule has 0 saturated heterocycles. The van der Waals surface area contributed by atoms with Crippen molar-refractivity contribution in [1.29, 1.82) is 0 Å². The summed E-state index contributed by atoms with van der Waals surface area (Å²) in [7, 11) is 0. The Balaban J connectivity index is 2.63. The van der Waals surface area contributed by atoms with Crippen LogP contribution in [0.4, 0.5) is 5.00 Å². The molecule has 6 heteroatoms. The quantitative estimate of drug-likeness (QED) is 0.773. The van der Waals surface area contributed by atoms with Gasteiger partial charge in [-0.1, -0.05) is 0 Å². The first kappa shape index (κ1) is 14.9. The molecule has 1 aromatic rings. The molecule has 102 valence electrons. The van der Waals surface area contributed by atoms with Crippen LogP contribution in [0.1, 0.15) is 38.2 Å². The summed E-state index contributed by atoms with van der Waals surface area (Å²) in [5.74, 6) is -0.393. The van der Waals surface area contributed by atoms with Crippen molar-refractivity contribution in [2.45, 2.75) is 33.3 Å². The van der Waals surface area contributed by atoms with Gasteiger partial charge in [0.25, 0.3) is 0 Å². The molecule has 0 aliphatic carbocycles. The van der Waals surface area contributed by atoms with E-state index in [9.17, 15) is 4.79 Å². The van der Waals surface area contributed by atoms with E-state index >= 15 is 0 Å². The second-order valence-corrected chi connectivity index (χ2v) is 5.15. The molecular weight excluding hydrogens is 252 g/mol. The van der Waals surface area contributed by atoms with Gasteiger partial charge in [-0.25, -0.2) is 9.78 Å². The fraction of sp³-hybridized carbons (Fsp3) is 0.667. The molecular formula is C12H20N2O3S. The van der Waals surface area contributed by atoms with Gasteiger partial charge in [0, 0.05) is 13.2 Å². The van der Waals surface area contributed by atoms with Crippen molar-refractivity contribution in [2.75, 3.05) is 25.1 Å². The summed E-state index contributed by atoms with van der Waals surface area (Å²) in [6, 6.07) is 0. The second-order valence-electron chi connectivity index (χ2n) is 4.30. The van der Waals surface area contributed by atoms with Crippen LogP contribution in [0.3, 0.4) is 0 Å². The lowest BCUT2D eigenvalue weighted by atomic mass is 10.1. The minimum Gasteiger partial charge on any atom is -0.461 e. The van der Waals surface area contributed by atoms with Gasteiger partial charge in [0.15, 0.2) is 5.69 Å². The van der Waals surface area contributed by atoms with E-state index in [1.54, 1.807) is 12.4 Å². The first-order chi connectivity index (χ1) is 8.50. The number of esters is 1. The van der Waals surface area contributed by atoms with E-state index in [1.165, 1.54) is 11.3 Å². The van der Waals surface area contributed by atoms with E-state index in [4.69, 9.17) is 9.47 Å². The van der Waals surface area contributed by atoms with Crippen molar-refractivity contribution < 1.29 is 14.3 Å². The average molecular weight is 272 g/mol. The van der Waals surface area contributed by atoms with Gasteiger partial charge >= 0.3 is 5.97 Å². The van der Waals surface area contributed by atoms with Gasteiger partial charge in [-0.05, 0) is 27.7 Å². The van der Waals surface area contributed by atoms with Gasteiger partial charge in [-0.3, -0.25) is 0 Å². The molecule has 0 bridgehead atoms. The molecule has 1 N–H and O–H groups in total. The maximum atomic E-state index is 11.6. The van der Waals surface area contributed by atoms with Crippen LogP contribution >= 0.6 is 11.3 Å². The Kier molecular flexibility index (Phi) is 5.55. The Morgan fingerprint density at radius 3 is 2.78 bits per heavy atom. The monoisotopic (exact) mass is 272 g/mol. The molecule has 0 spiro atoms. The van der Waals surface area contributed by atoms with Crippen LogP contribution in [0.5, 0.6) is 0 Å². The number of hydrogen-bond donors (Lipinski definition) is 1. The highest BCUT2D eigenvalue weighted by Crippen LogP contribution is 2.22. The molecule has 0 saturated carbocycles.